The molecule has 1 atom stereocenters. The van der Waals surface area contributed by atoms with Gasteiger partial charge >= 0.3 is 0 Å². The molecule has 2 aromatic rings. The van der Waals surface area contributed by atoms with Gasteiger partial charge in [0.25, 0.3) is 0 Å². The molecule has 0 aliphatic carbocycles. The average Bonchev–Trinajstić information content (AvgIpc) is 2.76. The number of hydrogen-bond acceptors (Lipinski definition) is 3. The van der Waals surface area contributed by atoms with E-state index in [0.717, 1.165) is 11.3 Å². The van der Waals surface area contributed by atoms with Gasteiger partial charge in [-0.1, -0.05) is 23.7 Å². The Hall–Kier alpha value is -1.04. The predicted molar refractivity (Wildman–Crippen MR) is 71.3 cm³/mol. The number of ketones is 1. The minimum Gasteiger partial charge on any atom is -0.292 e. The molecule has 0 spiro atoms. The zero-order valence-corrected chi connectivity index (χ0v) is 11.4. The van der Waals surface area contributed by atoms with Crippen LogP contribution in [0.2, 0.25) is 4.34 Å². The molecule has 18 heavy (non-hydrogen) atoms. The van der Waals surface area contributed by atoms with Crippen LogP contribution in [-0.2, 0) is 10.8 Å². The van der Waals surface area contributed by atoms with Crippen LogP contribution in [0.4, 0.5) is 4.39 Å². The number of thiophene rings is 1. The molecule has 0 N–H and O–H groups in total. The van der Waals surface area contributed by atoms with Crippen molar-refractivity contribution in [3.8, 4) is 0 Å². The lowest BCUT2D eigenvalue weighted by Gasteiger charge is -2.01. The summed E-state index contributed by atoms with van der Waals surface area (Å²) >= 11 is 6.84. The number of carbonyl (C=O) groups excluding carboxylic acids is 1. The molecular formula is C12H8ClFO2S2. The second-order valence-corrected chi connectivity index (χ2v) is 6.58. The molecule has 0 amide bonds. The molecule has 1 aromatic heterocycles. The standard InChI is InChI=1S/C12H8ClFO2S2/c13-12-6-5-10(17-12)9(15)7-18(16)11-4-2-1-3-8(11)14/h1-6H,7H2. The average molecular weight is 303 g/mol. The monoisotopic (exact) mass is 302 g/mol. The molecule has 0 aliphatic heterocycles. The summed E-state index contributed by atoms with van der Waals surface area (Å²) in [5, 5.41) is 0. The molecule has 2 nitrogen and oxygen atoms in total. The maximum absolute atomic E-state index is 13.4. The summed E-state index contributed by atoms with van der Waals surface area (Å²) in [4.78, 5) is 12.3. The van der Waals surface area contributed by atoms with E-state index in [2.05, 4.69) is 0 Å². The molecule has 2 rings (SSSR count). The van der Waals surface area contributed by atoms with Crippen molar-refractivity contribution in [2.75, 3.05) is 5.75 Å². The maximum atomic E-state index is 13.4. The lowest BCUT2D eigenvalue weighted by Crippen LogP contribution is -2.10. The van der Waals surface area contributed by atoms with E-state index >= 15 is 0 Å². The van der Waals surface area contributed by atoms with Crippen molar-refractivity contribution in [2.24, 2.45) is 0 Å². The van der Waals surface area contributed by atoms with Gasteiger partial charge in [-0.05, 0) is 24.3 Å². The Kier molecular flexibility index (Phi) is 4.27. The number of halogens is 2. The van der Waals surface area contributed by atoms with Gasteiger partial charge < -0.3 is 0 Å². The van der Waals surface area contributed by atoms with E-state index < -0.39 is 16.6 Å². The molecule has 94 valence electrons. The molecule has 1 aromatic carbocycles. The fraction of sp³-hybridized carbons (Fsp3) is 0.0833. The van der Waals surface area contributed by atoms with Gasteiger partial charge in [-0.15, -0.1) is 11.3 Å². The smallest absolute Gasteiger partial charge is 0.185 e. The van der Waals surface area contributed by atoms with Crippen LogP contribution in [0.15, 0.2) is 41.3 Å². The van der Waals surface area contributed by atoms with Crippen molar-refractivity contribution in [2.45, 2.75) is 4.90 Å². The van der Waals surface area contributed by atoms with Crippen LogP contribution in [-0.4, -0.2) is 15.7 Å². The Morgan fingerprint density at radius 3 is 2.61 bits per heavy atom. The lowest BCUT2D eigenvalue weighted by molar-refractivity contribution is 0.102. The summed E-state index contributed by atoms with van der Waals surface area (Å²) in [6.45, 7) is 0. The molecule has 0 saturated carbocycles. The van der Waals surface area contributed by atoms with E-state index in [4.69, 9.17) is 11.6 Å². The first-order chi connectivity index (χ1) is 8.58. The zero-order valence-electron chi connectivity index (χ0n) is 9.06. The highest BCUT2D eigenvalue weighted by Gasteiger charge is 2.16. The van der Waals surface area contributed by atoms with Gasteiger partial charge in [0, 0.05) is 0 Å². The Morgan fingerprint density at radius 2 is 2.00 bits per heavy atom. The van der Waals surface area contributed by atoms with E-state index in [1.54, 1.807) is 18.2 Å². The SMILES string of the molecule is O=C(CS(=O)c1ccccc1F)c1ccc(Cl)s1. The Morgan fingerprint density at radius 1 is 1.28 bits per heavy atom. The van der Waals surface area contributed by atoms with Crippen LogP contribution in [0, 0.1) is 5.82 Å². The van der Waals surface area contributed by atoms with E-state index in [1.165, 1.54) is 18.2 Å². The van der Waals surface area contributed by atoms with Gasteiger partial charge in [-0.25, -0.2) is 4.39 Å². The predicted octanol–water partition coefficient (Wildman–Crippen LogP) is 3.53. The number of benzene rings is 1. The van der Waals surface area contributed by atoms with Crippen molar-refractivity contribution in [1.82, 2.24) is 0 Å². The highest BCUT2D eigenvalue weighted by Crippen LogP contribution is 2.22. The second-order valence-electron chi connectivity index (χ2n) is 3.45. The zero-order chi connectivity index (χ0) is 13.1. The molecule has 0 bridgehead atoms. The molecule has 0 radical (unpaired) electrons. The summed E-state index contributed by atoms with van der Waals surface area (Å²) in [5.41, 5.74) is 0. The van der Waals surface area contributed by atoms with E-state index in [9.17, 15) is 13.4 Å². The first-order valence-electron chi connectivity index (χ1n) is 4.99. The lowest BCUT2D eigenvalue weighted by atomic mass is 10.3. The molecule has 1 heterocycles. The Labute approximate surface area is 115 Å². The van der Waals surface area contributed by atoms with Gasteiger partial charge in [0.05, 0.1) is 30.7 Å². The third kappa shape index (κ3) is 3.04. The van der Waals surface area contributed by atoms with Crippen LogP contribution in [0.5, 0.6) is 0 Å². The second kappa shape index (κ2) is 5.73. The van der Waals surface area contributed by atoms with Crippen LogP contribution in [0.3, 0.4) is 0 Å². The Balaban J connectivity index is 2.13. The fourth-order valence-electron chi connectivity index (χ4n) is 1.36. The third-order valence-electron chi connectivity index (χ3n) is 2.19. The van der Waals surface area contributed by atoms with E-state index in [1.807, 2.05) is 0 Å². The van der Waals surface area contributed by atoms with Gasteiger partial charge in [0.2, 0.25) is 0 Å². The van der Waals surface area contributed by atoms with Crippen molar-refractivity contribution in [3.05, 3.63) is 51.4 Å². The molecule has 1 unspecified atom stereocenters. The number of rotatable bonds is 4. The summed E-state index contributed by atoms with van der Waals surface area (Å²) in [5.74, 6) is -1.10. The van der Waals surface area contributed by atoms with Crippen molar-refractivity contribution in [3.63, 3.8) is 0 Å². The molecule has 0 saturated heterocycles. The molecule has 0 fully saturated rings. The van der Waals surface area contributed by atoms with E-state index in [-0.39, 0.29) is 16.4 Å². The summed E-state index contributed by atoms with van der Waals surface area (Å²) in [6, 6.07) is 8.92. The van der Waals surface area contributed by atoms with Crippen molar-refractivity contribution in [1.29, 1.82) is 0 Å². The third-order valence-corrected chi connectivity index (χ3v) is 4.81. The minimum atomic E-state index is -1.68. The largest absolute Gasteiger partial charge is 0.292 e. The number of hydrogen-bond donors (Lipinski definition) is 0. The van der Waals surface area contributed by atoms with Crippen LogP contribution < -0.4 is 0 Å². The highest BCUT2D eigenvalue weighted by molar-refractivity contribution is 7.85. The van der Waals surface area contributed by atoms with Crippen LogP contribution in [0.1, 0.15) is 9.67 Å². The quantitative estimate of drug-likeness (QED) is 0.810. The van der Waals surface area contributed by atoms with Gasteiger partial charge in [0.15, 0.2) is 5.78 Å². The maximum Gasteiger partial charge on any atom is 0.185 e. The van der Waals surface area contributed by atoms with Crippen LogP contribution >= 0.6 is 22.9 Å². The highest BCUT2D eigenvalue weighted by atomic mass is 35.5. The fourth-order valence-corrected chi connectivity index (χ4v) is 3.50. The molecule has 0 aliphatic rings. The molecule has 6 heteroatoms. The number of Topliss-reactive ketones (excluding diaryl/α,β-unsaturated/α-hetero) is 1. The summed E-state index contributed by atoms with van der Waals surface area (Å²) < 4.78 is 25.7. The van der Waals surface area contributed by atoms with E-state index in [0.29, 0.717) is 9.21 Å². The molecular weight excluding hydrogens is 295 g/mol. The first kappa shape index (κ1) is 13.4. The van der Waals surface area contributed by atoms with Crippen molar-refractivity contribution < 1.29 is 13.4 Å². The first-order valence-corrected chi connectivity index (χ1v) is 7.50. The summed E-state index contributed by atoms with van der Waals surface area (Å²) in [6.07, 6.45) is 0. The van der Waals surface area contributed by atoms with Gasteiger partial charge in [0.1, 0.15) is 5.82 Å². The minimum absolute atomic E-state index is 0.0495. The Bertz CT molecular complexity index is 610. The van der Waals surface area contributed by atoms with Gasteiger partial charge in [-0.2, -0.15) is 0 Å². The number of carbonyl (C=O) groups is 1. The summed E-state index contributed by atoms with van der Waals surface area (Å²) in [7, 11) is -1.68. The topological polar surface area (TPSA) is 34.1 Å². The van der Waals surface area contributed by atoms with Gasteiger partial charge in [-0.3, -0.25) is 9.00 Å². The van der Waals surface area contributed by atoms with Crippen LogP contribution in [0.25, 0.3) is 0 Å². The normalized spacial score (nSPS) is 12.3. The van der Waals surface area contributed by atoms with Crippen molar-refractivity contribution >= 4 is 39.5 Å².